The molecular formula is C31H40BrF3N8O3. The molecule has 11 nitrogen and oxygen atoms in total. The van der Waals surface area contributed by atoms with E-state index in [0.29, 0.717) is 15.9 Å². The highest BCUT2D eigenvalue weighted by Crippen LogP contribution is 2.30. The molecule has 15 heteroatoms. The molecule has 0 radical (unpaired) electrons. The summed E-state index contributed by atoms with van der Waals surface area (Å²) in [6.07, 6.45) is 3.26. The predicted molar refractivity (Wildman–Crippen MR) is 169 cm³/mol. The van der Waals surface area contributed by atoms with Crippen molar-refractivity contribution in [2.24, 2.45) is 5.92 Å². The van der Waals surface area contributed by atoms with Crippen molar-refractivity contribution in [2.75, 3.05) is 57.9 Å². The zero-order valence-electron chi connectivity index (χ0n) is 25.8. The topological polar surface area (TPSA) is 129 Å². The van der Waals surface area contributed by atoms with E-state index >= 15 is 0 Å². The summed E-state index contributed by atoms with van der Waals surface area (Å²) in [4.78, 5) is 38.2. The van der Waals surface area contributed by atoms with Crippen LogP contribution in [0, 0.1) is 17.2 Å². The summed E-state index contributed by atoms with van der Waals surface area (Å²) in [7, 11) is 2.23. The van der Waals surface area contributed by atoms with Gasteiger partial charge >= 0.3 is 12.1 Å². The van der Waals surface area contributed by atoms with Crippen LogP contribution < -0.4 is 10.4 Å². The molecule has 1 aromatic carbocycles. The number of nitrogens with one attached hydrogen (secondary N) is 1. The number of nitriles is 1. The van der Waals surface area contributed by atoms with E-state index in [4.69, 9.17) is 9.90 Å². The number of hydrazine groups is 1. The average molecular weight is 710 g/mol. The molecule has 1 saturated carbocycles. The van der Waals surface area contributed by atoms with Crippen LogP contribution in [-0.4, -0.2) is 107 Å². The molecule has 5 rings (SSSR count). The van der Waals surface area contributed by atoms with Gasteiger partial charge in [-0.1, -0.05) is 25.0 Å². The van der Waals surface area contributed by atoms with Gasteiger partial charge in [0.25, 0.3) is 5.91 Å². The Morgan fingerprint density at radius 3 is 2.20 bits per heavy atom. The number of amides is 1. The summed E-state index contributed by atoms with van der Waals surface area (Å²) < 4.78 is 32.4. The Morgan fingerprint density at radius 1 is 1.04 bits per heavy atom. The number of piperazine rings is 1. The van der Waals surface area contributed by atoms with Gasteiger partial charge in [-0.15, -0.1) is 0 Å². The van der Waals surface area contributed by atoms with E-state index < -0.39 is 12.1 Å². The molecule has 2 aliphatic heterocycles. The lowest BCUT2D eigenvalue weighted by Crippen LogP contribution is -2.48. The normalized spacial score (nSPS) is 18.8. The summed E-state index contributed by atoms with van der Waals surface area (Å²) in [5.41, 5.74) is 4.90. The zero-order valence-corrected chi connectivity index (χ0v) is 27.4. The van der Waals surface area contributed by atoms with E-state index in [1.54, 1.807) is 6.20 Å². The van der Waals surface area contributed by atoms with Gasteiger partial charge < -0.3 is 14.9 Å². The maximum absolute atomic E-state index is 13.3. The molecular weight excluding hydrogens is 669 g/mol. The van der Waals surface area contributed by atoms with Crippen LogP contribution in [0.3, 0.4) is 0 Å². The number of likely N-dealkylation sites (tertiary alicyclic amines) is 1. The third kappa shape index (κ3) is 10.3. The third-order valence-electron chi connectivity index (χ3n) is 8.65. The quantitative estimate of drug-likeness (QED) is 0.383. The Kier molecular flexibility index (Phi) is 12.7. The molecule has 250 valence electrons. The van der Waals surface area contributed by atoms with Crippen molar-refractivity contribution in [3.63, 3.8) is 0 Å². The number of aliphatic carboxylic acids is 1. The number of anilines is 1. The SMILES string of the molecule is CN1CCC(CN2CCN(Cc3ccc(C(=O)NN(c4nc(C#N)ncc4Br)C4CCCC4)cc3)CC2)CC1.O=C(O)C(F)(F)F. The highest BCUT2D eigenvalue weighted by atomic mass is 79.9. The average Bonchev–Trinajstić information content (AvgIpc) is 3.57. The smallest absolute Gasteiger partial charge is 0.475 e. The number of hydrogen-bond acceptors (Lipinski definition) is 9. The lowest BCUT2D eigenvalue weighted by molar-refractivity contribution is -0.192. The standard InChI is InChI=1S/C29H39BrN8O.C2HF3O2/c1-35-12-10-23(11-13-35)21-37-16-14-36(15-17-37)20-22-6-8-24(9-7-22)29(39)34-38(25-4-2-3-5-25)28-26(30)19-32-27(18-31)33-28;3-2(4,5)1(6)7/h6-9,19,23,25H,2-5,10-17,20-21H2,1H3,(H,34,39);(H,6,7). The number of carboxylic acid groups (broad SMARTS) is 1. The minimum Gasteiger partial charge on any atom is -0.475 e. The Bertz CT molecular complexity index is 1350. The molecule has 1 aromatic heterocycles. The largest absolute Gasteiger partial charge is 0.490 e. The van der Waals surface area contributed by atoms with Crippen molar-refractivity contribution < 1.29 is 27.9 Å². The highest BCUT2D eigenvalue weighted by Gasteiger charge is 2.38. The lowest BCUT2D eigenvalue weighted by Gasteiger charge is -2.38. The number of alkyl halides is 3. The fourth-order valence-corrected chi connectivity index (χ4v) is 6.38. The second-order valence-electron chi connectivity index (χ2n) is 12.0. The molecule has 3 heterocycles. The number of carboxylic acids is 1. The number of hydrogen-bond donors (Lipinski definition) is 2. The molecule has 1 amide bonds. The van der Waals surface area contributed by atoms with Crippen LogP contribution in [0.25, 0.3) is 0 Å². The monoisotopic (exact) mass is 708 g/mol. The van der Waals surface area contributed by atoms with Crippen LogP contribution in [0.15, 0.2) is 34.9 Å². The number of nitrogens with zero attached hydrogens (tertiary/aromatic N) is 7. The first kappa shape index (κ1) is 35.5. The Morgan fingerprint density at radius 2 is 1.63 bits per heavy atom. The predicted octanol–water partition coefficient (Wildman–Crippen LogP) is 4.30. The van der Waals surface area contributed by atoms with Crippen molar-refractivity contribution in [3.05, 3.63) is 51.9 Å². The summed E-state index contributed by atoms with van der Waals surface area (Å²) in [5.74, 6) is -1.49. The number of piperidine rings is 1. The summed E-state index contributed by atoms with van der Waals surface area (Å²) in [6, 6.07) is 10.1. The van der Waals surface area contributed by atoms with Gasteiger partial charge in [0, 0.05) is 51.0 Å². The van der Waals surface area contributed by atoms with E-state index in [1.807, 2.05) is 23.2 Å². The second-order valence-corrected chi connectivity index (χ2v) is 12.9. The van der Waals surface area contributed by atoms with Gasteiger partial charge in [-0.3, -0.25) is 20.1 Å². The van der Waals surface area contributed by atoms with Crippen molar-refractivity contribution >= 4 is 33.6 Å². The fourth-order valence-electron chi connectivity index (χ4n) is 5.99. The molecule has 2 aromatic rings. The first-order valence-corrected chi connectivity index (χ1v) is 16.3. The van der Waals surface area contributed by atoms with Crippen molar-refractivity contribution in [3.8, 4) is 6.07 Å². The van der Waals surface area contributed by atoms with Crippen molar-refractivity contribution in [1.82, 2.24) is 30.1 Å². The van der Waals surface area contributed by atoms with Crippen molar-refractivity contribution in [1.29, 1.82) is 5.26 Å². The molecule has 0 unspecified atom stereocenters. The number of benzene rings is 1. The van der Waals surface area contributed by atoms with Crippen LogP contribution in [0.5, 0.6) is 0 Å². The van der Waals surface area contributed by atoms with E-state index in [2.05, 4.69) is 65.2 Å². The van der Waals surface area contributed by atoms with E-state index in [0.717, 1.165) is 64.3 Å². The van der Waals surface area contributed by atoms with Gasteiger partial charge in [-0.2, -0.15) is 23.4 Å². The van der Waals surface area contributed by atoms with Gasteiger partial charge in [0.1, 0.15) is 6.07 Å². The third-order valence-corrected chi connectivity index (χ3v) is 9.21. The molecule has 0 bridgehead atoms. The maximum Gasteiger partial charge on any atom is 0.490 e. The maximum atomic E-state index is 13.3. The molecule has 2 N–H and O–H groups in total. The van der Waals surface area contributed by atoms with E-state index in [1.165, 1.54) is 38.0 Å². The Balaban J connectivity index is 0.000000617. The molecule has 0 spiro atoms. The van der Waals surface area contributed by atoms with Crippen LogP contribution in [0.4, 0.5) is 19.0 Å². The van der Waals surface area contributed by atoms with Gasteiger partial charge in [0.05, 0.1) is 10.5 Å². The number of aromatic nitrogens is 2. The van der Waals surface area contributed by atoms with Crippen LogP contribution >= 0.6 is 15.9 Å². The molecule has 1 aliphatic carbocycles. The second kappa shape index (κ2) is 16.5. The molecule has 3 fully saturated rings. The summed E-state index contributed by atoms with van der Waals surface area (Å²) >= 11 is 3.50. The number of rotatable bonds is 8. The highest BCUT2D eigenvalue weighted by molar-refractivity contribution is 9.10. The molecule has 0 atom stereocenters. The van der Waals surface area contributed by atoms with Crippen LogP contribution in [0.1, 0.15) is 60.3 Å². The minimum atomic E-state index is -5.08. The van der Waals surface area contributed by atoms with Gasteiger partial charge in [-0.05, 0) is 85.4 Å². The number of carbonyl (C=O) groups excluding carboxylic acids is 1. The van der Waals surface area contributed by atoms with E-state index in [9.17, 15) is 23.2 Å². The Labute approximate surface area is 275 Å². The number of halogens is 4. The first-order valence-electron chi connectivity index (χ1n) is 15.5. The van der Waals surface area contributed by atoms with Gasteiger partial charge in [0.15, 0.2) is 5.82 Å². The molecule has 46 heavy (non-hydrogen) atoms. The zero-order chi connectivity index (χ0) is 33.3. The molecule has 2 saturated heterocycles. The number of carbonyl (C=O) groups is 2. The minimum absolute atomic E-state index is 0.0810. The van der Waals surface area contributed by atoms with Crippen molar-refractivity contribution in [2.45, 2.75) is 57.3 Å². The Hall–Kier alpha value is -3.32. The summed E-state index contributed by atoms with van der Waals surface area (Å²) in [6.45, 7) is 9.06. The first-order chi connectivity index (χ1) is 21.9. The summed E-state index contributed by atoms with van der Waals surface area (Å²) in [5, 5.41) is 18.2. The van der Waals surface area contributed by atoms with Crippen LogP contribution in [0.2, 0.25) is 0 Å². The van der Waals surface area contributed by atoms with Gasteiger partial charge in [-0.25, -0.2) is 9.78 Å². The van der Waals surface area contributed by atoms with E-state index in [-0.39, 0.29) is 17.8 Å². The fraction of sp³-hybridized carbons (Fsp3) is 0.581. The van der Waals surface area contributed by atoms with Gasteiger partial charge in [0.2, 0.25) is 5.82 Å². The lowest BCUT2D eigenvalue weighted by atomic mass is 9.96. The molecule has 3 aliphatic rings. The van der Waals surface area contributed by atoms with Crippen LogP contribution in [-0.2, 0) is 11.3 Å².